The molecule has 148 valence electrons. The summed E-state index contributed by atoms with van der Waals surface area (Å²) in [7, 11) is 1.67. The van der Waals surface area contributed by atoms with Crippen molar-refractivity contribution in [1.29, 1.82) is 0 Å². The summed E-state index contributed by atoms with van der Waals surface area (Å²) < 4.78 is 5.37. The van der Waals surface area contributed by atoms with E-state index in [2.05, 4.69) is 21.4 Å². The van der Waals surface area contributed by atoms with Gasteiger partial charge < -0.3 is 15.0 Å². The number of nitrogens with one attached hydrogen (secondary N) is 1. The number of fused-ring (bicyclic) bond motifs is 1. The molecular weight excluding hydrogens is 364 g/mol. The topological polar surface area (TPSA) is 67.3 Å². The molecule has 0 aliphatic carbocycles. The van der Waals surface area contributed by atoms with Gasteiger partial charge in [0.25, 0.3) is 5.91 Å². The molecule has 0 fully saturated rings. The third kappa shape index (κ3) is 4.21. The summed E-state index contributed by atoms with van der Waals surface area (Å²) in [5, 5.41) is 3.20. The van der Waals surface area contributed by atoms with Crippen LogP contribution < -0.4 is 15.0 Å². The lowest BCUT2D eigenvalue weighted by molar-refractivity contribution is 0.0984. The number of anilines is 2. The van der Waals surface area contributed by atoms with Gasteiger partial charge in [-0.1, -0.05) is 36.4 Å². The highest BCUT2D eigenvalue weighted by Gasteiger charge is 2.23. The largest absolute Gasteiger partial charge is 0.496 e. The zero-order valence-corrected chi connectivity index (χ0v) is 16.5. The van der Waals surface area contributed by atoms with Gasteiger partial charge in [-0.05, 0) is 42.5 Å². The number of amides is 1. The summed E-state index contributed by atoms with van der Waals surface area (Å²) in [5.41, 5.74) is 3.82. The van der Waals surface area contributed by atoms with Gasteiger partial charge in [-0.3, -0.25) is 4.79 Å². The average molecular weight is 388 g/mol. The monoisotopic (exact) mass is 388 g/mol. The molecule has 0 spiro atoms. The molecule has 0 radical (unpaired) electrons. The Labute approximate surface area is 170 Å². The Bertz CT molecular complexity index is 988. The minimum Gasteiger partial charge on any atom is -0.496 e. The van der Waals surface area contributed by atoms with Crippen molar-refractivity contribution in [2.75, 3.05) is 30.4 Å². The fourth-order valence-electron chi connectivity index (χ4n) is 3.65. The molecule has 0 unspecified atom stereocenters. The van der Waals surface area contributed by atoms with Crippen LogP contribution in [0.1, 0.15) is 27.9 Å². The fraction of sp³-hybridized carbons (Fsp3) is 0.261. The van der Waals surface area contributed by atoms with Crippen LogP contribution in [0.5, 0.6) is 5.75 Å². The van der Waals surface area contributed by atoms with Gasteiger partial charge in [-0.25, -0.2) is 9.97 Å². The second-order valence-corrected chi connectivity index (χ2v) is 6.97. The quantitative estimate of drug-likeness (QED) is 0.697. The third-order valence-electron chi connectivity index (χ3n) is 5.12. The first kappa shape index (κ1) is 18.9. The minimum absolute atomic E-state index is 0.0577. The number of rotatable bonds is 6. The normalized spacial score (nSPS) is 12.9. The highest BCUT2D eigenvalue weighted by atomic mass is 16.5. The average Bonchev–Trinajstić information content (AvgIpc) is 2.79. The van der Waals surface area contributed by atoms with Crippen LogP contribution in [0.4, 0.5) is 11.6 Å². The number of carbonyl (C=O) groups is 1. The van der Waals surface area contributed by atoms with Gasteiger partial charge in [0.2, 0.25) is 5.95 Å². The highest BCUT2D eigenvalue weighted by molar-refractivity contribution is 6.06. The molecular formula is C23H24N4O2. The predicted molar refractivity (Wildman–Crippen MR) is 114 cm³/mol. The first-order chi connectivity index (χ1) is 14.3. The smallest absolute Gasteiger partial charge is 0.261 e. The Morgan fingerprint density at radius 2 is 1.86 bits per heavy atom. The van der Waals surface area contributed by atoms with E-state index < -0.39 is 0 Å². The van der Waals surface area contributed by atoms with Crippen molar-refractivity contribution >= 4 is 17.5 Å². The number of methoxy groups -OCH3 is 1. The van der Waals surface area contributed by atoms with Gasteiger partial charge in [-0.15, -0.1) is 0 Å². The Morgan fingerprint density at radius 3 is 2.69 bits per heavy atom. The van der Waals surface area contributed by atoms with E-state index in [1.165, 1.54) is 5.56 Å². The van der Waals surface area contributed by atoms with E-state index in [4.69, 9.17) is 4.74 Å². The minimum atomic E-state index is -0.0577. The Kier molecular flexibility index (Phi) is 5.70. The number of aromatic nitrogens is 2. The third-order valence-corrected chi connectivity index (χ3v) is 5.12. The number of hydrogen-bond donors (Lipinski definition) is 1. The summed E-state index contributed by atoms with van der Waals surface area (Å²) in [4.78, 5) is 23.4. The second-order valence-electron chi connectivity index (χ2n) is 6.97. The van der Waals surface area contributed by atoms with E-state index >= 15 is 0 Å². The maximum Gasteiger partial charge on any atom is 0.261 e. The van der Waals surface area contributed by atoms with Crippen LogP contribution in [-0.2, 0) is 12.8 Å². The standard InChI is InChI=1S/C23H24N4O2/c1-29-21-11-5-3-8-18(21)12-13-24-23-25-15-19(16-26-23)22(28)27-14-6-9-17-7-2-4-10-20(17)27/h2-5,7-8,10-11,15-16H,6,9,12-14H2,1H3,(H,24,25,26). The van der Waals surface area contributed by atoms with Crippen LogP contribution in [0.25, 0.3) is 0 Å². The molecule has 1 aromatic heterocycles. The van der Waals surface area contributed by atoms with Gasteiger partial charge >= 0.3 is 0 Å². The molecule has 3 aromatic rings. The van der Waals surface area contributed by atoms with Crippen molar-refractivity contribution in [3.05, 3.63) is 77.6 Å². The van der Waals surface area contributed by atoms with Crippen molar-refractivity contribution < 1.29 is 9.53 Å². The summed E-state index contributed by atoms with van der Waals surface area (Å²) in [6.45, 7) is 1.39. The molecule has 4 rings (SSSR count). The van der Waals surface area contributed by atoms with E-state index in [1.807, 2.05) is 47.4 Å². The molecule has 6 nitrogen and oxygen atoms in total. The zero-order valence-electron chi connectivity index (χ0n) is 16.5. The molecule has 2 heterocycles. The van der Waals surface area contributed by atoms with Crippen LogP contribution in [0.15, 0.2) is 60.9 Å². The lowest BCUT2D eigenvalue weighted by Gasteiger charge is -2.29. The maximum absolute atomic E-state index is 13.0. The van der Waals surface area contributed by atoms with Crippen molar-refractivity contribution in [1.82, 2.24) is 9.97 Å². The lowest BCUT2D eigenvalue weighted by Crippen LogP contribution is -2.35. The van der Waals surface area contributed by atoms with Crippen molar-refractivity contribution in [3.8, 4) is 5.75 Å². The number of carbonyl (C=O) groups excluding carboxylic acids is 1. The van der Waals surface area contributed by atoms with Gasteiger partial charge in [-0.2, -0.15) is 0 Å². The zero-order chi connectivity index (χ0) is 20.1. The Morgan fingerprint density at radius 1 is 1.10 bits per heavy atom. The van der Waals surface area contributed by atoms with Crippen LogP contribution in [0.2, 0.25) is 0 Å². The van der Waals surface area contributed by atoms with Gasteiger partial charge in [0.15, 0.2) is 0 Å². The van der Waals surface area contributed by atoms with Crippen LogP contribution in [0, 0.1) is 0 Å². The molecule has 1 N–H and O–H groups in total. The molecule has 1 aliphatic rings. The van der Waals surface area contributed by atoms with Crippen LogP contribution >= 0.6 is 0 Å². The highest BCUT2D eigenvalue weighted by Crippen LogP contribution is 2.28. The van der Waals surface area contributed by atoms with Crippen LogP contribution in [0.3, 0.4) is 0 Å². The fourth-order valence-corrected chi connectivity index (χ4v) is 3.65. The number of para-hydroxylation sites is 2. The molecule has 0 saturated heterocycles. The summed E-state index contributed by atoms with van der Waals surface area (Å²) in [6.07, 6.45) is 5.95. The van der Waals surface area contributed by atoms with Gasteiger partial charge in [0.05, 0.1) is 12.7 Å². The maximum atomic E-state index is 13.0. The summed E-state index contributed by atoms with van der Waals surface area (Å²) >= 11 is 0. The number of ether oxygens (including phenoxy) is 1. The molecule has 29 heavy (non-hydrogen) atoms. The van der Waals surface area contributed by atoms with E-state index in [9.17, 15) is 4.79 Å². The second kappa shape index (κ2) is 8.73. The molecule has 0 saturated carbocycles. The number of benzene rings is 2. The predicted octanol–water partition coefficient (Wildman–Crippen LogP) is 3.73. The SMILES string of the molecule is COc1ccccc1CCNc1ncc(C(=O)N2CCCc3ccccc32)cn1. The molecule has 0 atom stereocenters. The first-order valence-electron chi connectivity index (χ1n) is 9.84. The first-order valence-corrected chi connectivity index (χ1v) is 9.84. The van der Waals surface area contributed by atoms with Crippen molar-refractivity contribution in [2.45, 2.75) is 19.3 Å². The van der Waals surface area contributed by atoms with E-state index in [0.29, 0.717) is 18.1 Å². The number of aryl methyl sites for hydroxylation is 1. The molecule has 1 amide bonds. The molecule has 0 bridgehead atoms. The Hall–Kier alpha value is -3.41. The van der Waals surface area contributed by atoms with Crippen LogP contribution in [-0.4, -0.2) is 36.1 Å². The summed E-state index contributed by atoms with van der Waals surface area (Å²) in [5.74, 6) is 1.33. The van der Waals surface area contributed by atoms with Crippen molar-refractivity contribution in [3.63, 3.8) is 0 Å². The van der Waals surface area contributed by atoms with Crippen molar-refractivity contribution in [2.24, 2.45) is 0 Å². The molecule has 1 aliphatic heterocycles. The summed E-state index contributed by atoms with van der Waals surface area (Å²) in [6, 6.07) is 16.0. The number of nitrogens with zero attached hydrogens (tertiary/aromatic N) is 3. The van der Waals surface area contributed by atoms with E-state index in [-0.39, 0.29) is 5.91 Å². The Balaban J connectivity index is 1.39. The van der Waals surface area contributed by atoms with Gasteiger partial charge in [0.1, 0.15) is 5.75 Å². The van der Waals surface area contributed by atoms with E-state index in [1.54, 1.807) is 19.5 Å². The number of hydrogen-bond acceptors (Lipinski definition) is 5. The molecule has 2 aromatic carbocycles. The van der Waals surface area contributed by atoms with E-state index in [0.717, 1.165) is 42.8 Å². The van der Waals surface area contributed by atoms with Gasteiger partial charge in [0, 0.05) is 31.2 Å². The molecule has 6 heteroatoms. The lowest BCUT2D eigenvalue weighted by atomic mass is 10.0.